The van der Waals surface area contributed by atoms with E-state index in [0.717, 1.165) is 5.00 Å². The van der Waals surface area contributed by atoms with Crippen LogP contribution in [0.3, 0.4) is 0 Å². The van der Waals surface area contributed by atoms with Crippen LogP contribution >= 0.6 is 11.3 Å². The number of rotatable bonds is 0. The first-order chi connectivity index (χ1) is 4.86. The van der Waals surface area contributed by atoms with Gasteiger partial charge in [-0.15, -0.1) is 11.3 Å². The summed E-state index contributed by atoms with van der Waals surface area (Å²) in [6.45, 7) is 0. The van der Waals surface area contributed by atoms with Crippen molar-refractivity contribution in [3.8, 4) is 0 Å². The van der Waals surface area contributed by atoms with Crippen molar-refractivity contribution in [3.63, 3.8) is 0 Å². The third-order valence-electron chi connectivity index (χ3n) is 1.44. The molecule has 2 aromatic rings. The molecule has 1 heterocycles. The van der Waals surface area contributed by atoms with Crippen LogP contribution in [0.5, 0.6) is 0 Å². The van der Waals surface area contributed by atoms with Crippen molar-refractivity contribution < 1.29 is 0 Å². The van der Waals surface area contributed by atoms with Crippen LogP contribution in [-0.4, -0.2) is 0 Å². The molecule has 11 heavy (non-hydrogen) atoms. The Morgan fingerprint density at radius 1 is 1.18 bits per heavy atom. The first-order valence-corrected chi connectivity index (χ1v) is 3.92. The fourth-order valence-corrected chi connectivity index (χ4v) is 1.83. The molecule has 0 saturated heterocycles. The molecule has 0 fully saturated rings. The van der Waals surface area contributed by atoms with Gasteiger partial charge in [-0.05, 0) is 17.5 Å². The predicted octanol–water partition coefficient (Wildman–Crippen LogP) is 3.12. The van der Waals surface area contributed by atoms with E-state index in [1.54, 1.807) is 11.3 Å². The Labute approximate surface area is 70.5 Å². The fourth-order valence-electron chi connectivity index (χ4n) is 1.00. The summed E-state index contributed by atoms with van der Waals surface area (Å²) in [5, 5.41) is 2.13. The number of hydrogen-bond donors (Lipinski definition) is 1. The van der Waals surface area contributed by atoms with E-state index >= 15 is 0 Å². The molecule has 0 spiro atoms. The molecule has 0 saturated carbocycles. The minimum Gasteiger partial charge on any atom is -0.391 e. The Bertz CT molecular complexity index is 318. The number of fused-ring (bicyclic) bond motifs is 1. The summed E-state index contributed by atoms with van der Waals surface area (Å²) >= 11 is 1.63. The maximum atomic E-state index is 5.61. The first kappa shape index (κ1) is 8.08. The summed E-state index contributed by atoms with van der Waals surface area (Å²) in [6, 6.07) is 10.2. The van der Waals surface area contributed by atoms with E-state index in [2.05, 4.69) is 12.1 Å². The van der Waals surface area contributed by atoms with Crippen molar-refractivity contribution in [1.82, 2.24) is 0 Å². The molecule has 2 heteroatoms. The number of hydrogen-bond acceptors (Lipinski definition) is 2. The van der Waals surface area contributed by atoms with Crippen molar-refractivity contribution in [2.45, 2.75) is 7.43 Å². The zero-order valence-electron chi connectivity index (χ0n) is 5.37. The molecular weight excluding hydrogens is 154 g/mol. The van der Waals surface area contributed by atoms with Gasteiger partial charge in [-0.1, -0.05) is 25.6 Å². The van der Waals surface area contributed by atoms with Gasteiger partial charge in [0.05, 0.1) is 5.00 Å². The molecule has 0 aliphatic rings. The standard InChI is InChI=1S/C8H7NS.CH4/c9-8-5-6-3-1-2-4-7(6)10-8;/h1-5H,9H2;1H4. The van der Waals surface area contributed by atoms with E-state index in [4.69, 9.17) is 5.73 Å². The summed E-state index contributed by atoms with van der Waals surface area (Å²) in [4.78, 5) is 0. The smallest absolute Gasteiger partial charge is 0.0868 e. The summed E-state index contributed by atoms with van der Waals surface area (Å²) in [6.07, 6.45) is 0. The van der Waals surface area contributed by atoms with Crippen LogP contribution in [0.2, 0.25) is 0 Å². The Hall–Kier alpha value is -1.02. The number of benzene rings is 1. The molecule has 0 amide bonds. The van der Waals surface area contributed by atoms with Crippen LogP contribution in [0, 0.1) is 0 Å². The maximum absolute atomic E-state index is 5.61. The van der Waals surface area contributed by atoms with Gasteiger partial charge in [0.1, 0.15) is 0 Å². The Morgan fingerprint density at radius 2 is 1.91 bits per heavy atom. The molecule has 0 aliphatic carbocycles. The van der Waals surface area contributed by atoms with E-state index < -0.39 is 0 Å². The maximum Gasteiger partial charge on any atom is 0.0868 e. The van der Waals surface area contributed by atoms with Gasteiger partial charge in [0.15, 0.2) is 0 Å². The predicted molar refractivity (Wildman–Crippen MR) is 53.0 cm³/mol. The average molecular weight is 165 g/mol. The van der Waals surface area contributed by atoms with Crippen LogP contribution in [0.4, 0.5) is 5.00 Å². The van der Waals surface area contributed by atoms with Gasteiger partial charge >= 0.3 is 0 Å². The highest BCUT2D eigenvalue weighted by atomic mass is 32.1. The minimum absolute atomic E-state index is 0. The second-order valence-electron chi connectivity index (χ2n) is 2.19. The molecular formula is C9H11NS. The topological polar surface area (TPSA) is 26.0 Å². The van der Waals surface area contributed by atoms with Gasteiger partial charge < -0.3 is 5.73 Å². The normalized spacial score (nSPS) is 9.45. The fraction of sp³-hybridized carbons (Fsp3) is 0.111. The lowest BCUT2D eigenvalue weighted by Crippen LogP contribution is -1.72. The van der Waals surface area contributed by atoms with E-state index in [1.165, 1.54) is 10.1 Å². The molecule has 0 atom stereocenters. The molecule has 0 radical (unpaired) electrons. The number of nitrogen functional groups attached to an aromatic ring is 1. The summed E-state index contributed by atoms with van der Waals surface area (Å²) in [5.74, 6) is 0. The summed E-state index contributed by atoms with van der Waals surface area (Å²) < 4.78 is 1.26. The van der Waals surface area contributed by atoms with Crippen LogP contribution in [0.25, 0.3) is 10.1 Å². The van der Waals surface area contributed by atoms with Crippen LogP contribution < -0.4 is 5.73 Å². The molecule has 2 N–H and O–H groups in total. The second kappa shape index (κ2) is 2.93. The van der Waals surface area contributed by atoms with Gasteiger partial charge in [-0.2, -0.15) is 0 Å². The second-order valence-corrected chi connectivity index (χ2v) is 3.30. The van der Waals surface area contributed by atoms with Crippen LogP contribution in [0.1, 0.15) is 7.43 Å². The molecule has 0 aliphatic heterocycles. The number of thiophene rings is 1. The van der Waals surface area contributed by atoms with Gasteiger partial charge in [0.25, 0.3) is 0 Å². The van der Waals surface area contributed by atoms with Crippen molar-refractivity contribution in [3.05, 3.63) is 30.3 Å². The minimum atomic E-state index is 0. The first-order valence-electron chi connectivity index (χ1n) is 3.10. The zero-order valence-corrected chi connectivity index (χ0v) is 6.19. The van der Waals surface area contributed by atoms with E-state index in [0.29, 0.717) is 0 Å². The van der Waals surface area contributed by atoms with Gasteiger partial charge in [0.2, 0.25) is 0 Å². The molecule has 0 unspecified atom stereocenters. The highest BCUT2D eigenvalue weighted by Gasteiger charge is 1.94. The van der Waals surface area contributed by atoms with Crippen molar-refractivity contribution in [1.29, 1.82) is 0 Å². The van der Waals surface area contributed by atoms with Gasteiger partial charge in [-0.25, -0.2) is 0 Å². The molecule has 1 aromatic heterocycles. The van der Waals surface area contributed by atoms with E-state index in [1.807, 2.05) is 18.2 Å². The third-order valence-corrected chi connectivity index (χ3v) is 2.39. The van der Waals surface area contributed by atoms with E-state index in [-0.39, 0.29) is 7.43 Å². The summed E-state index contributed by atoms with van der Waals surface area (Å²) in [7, 11) is 0. The Morgan fingerprint density at radius 3 is 2.64 bits per heavy atom. The van der Waals surface area contributed by atoms with Crippen LogP contribution in [-0.2, 0) is 0 Å². The zero-order chi connectivity index (χ0) is 6.97. The Kier molecular flexibility index (Phi) is 2.15. The Balaban J connectivity index is 0.000000605. The lowest BCUT2D eigenvalue weighted by molar-refractivity contribution is 1.85. The van der Waals surface area contributed by atoms with Gasteiger partial charge in [0, 0.05) is 4.70 Å². The largest absolute Gasteiger partial charge is 0.391 e. The molecule has 58 valence electrons. The van der Waals surface area contributed by atoms with Crippen molar-refractivity contribution in [2.75, 3.05) is 5.73 Å². The molecule has 1 nitrogen and oxygen atoms in total. The lowest BCUT2D eigenvalue weighted by atomic mass is 10.3. The lowest BCUT2D eigenvalue weighted by Gasteiger charge is -1.81. The number of anilines is 1. The van der Waals surface area contributed by atoms with Crippen LogP contribution in [0.15, 0.2) is 30.3 Å². The van der Waals surface area contributed by atoms with Crippen molar-refractivity contribution in [2.24, 2.45) is 0 Å². The average Bonchev–Trinajstić information content (AvgIpc) is 2.27. The molecule has 0 bridgehead atoms. The van der Waals surface area contributed by atoms with Crippen molar-refractivity contribution >= 4 is 26.4 Å². The van der Waals surface area contributed by atoms with E-state index in [9.17, 15) is 0 Å². The highest BCUT2D eigenvalue weighted by Crippen LogP contribution is 2.26. The SMILES string of the molecule is C.Nc1cc2ccccc2s1. The molecule has 1 aromatic carbocycles. The monoisotopic (exact) mass is 165 g/mol. The third kappa shape index (κ3) is 1.35. The number of nitrogens with two attached hydrogens (primary N) is 1. The highest BCUT2D eigenvalue weighted by molar-refractivity contribution is 7.22. The molecule has 2 rings (SSSR count). The summed E-state index contributed by atoms with van der Waals surface area (Å²) in [5.41, 5.74) is 5.61. The quantitative estimate of drug-likeness (QED) is 0.637. The van der Waals surface area contributed by atoms with Gasteiger partial charge in [-0.3, -0.25) is 0 Å².